The molecule has 0 aromatic heterocycles. The van der Waals surface area contributed by atoms with Crippen LogP contribution >= 0.6 is 17.2 Å². The summed E-state index contributed by atoms with van der Waals surface area (Å²) in [5.41, 5.74) is 13.3. The molecule has 2 saturated carbocycles. The van der Waals surface area contributed by atoms with Crippen LogP contribution in [-0.2, 0) is 0 Å². The van der Waals surface area contributed by atoms with Crippen molar-refractivity contribution in [2.24, 2.45) is 0 Å². The normalized spacial score (nSPS) is 14.7. The smallest absolute Gasteiger partial charge is 0.408 e. The van der Waals surface area contributed by atoms with Crippen molar-refractivity contribution < 1.29 is 27.1 Å². The summed E-state index contributed by atoms with van der Waals surface area (Å²) in [5, 5.41) is 0. The van der Waals surface area contributed by atoms with E-state index in [1.54, 1.807) is 0 Å². The van der Waals surface area contributed by atoms with Crippen molar-refractivity contribution in [3.8, 4) is 45.6 Å². The molecule has 6 aromatic carbocycles. The van der Waals surface area contributed by atoms with Crippen LogP contribution in [-0.4, -0.2) is 0 Å². The van der Waals surface area contributed by atoms with Gasteiger partial charge < -0.3 is 27.1 Å². The van der Waals surface area contributed by atoms with E-state index in [2.05, 4.69) is 91.8 Å². The fourth-order valence-electron chi connectivity index (χ4n) is 9.57. The van der Waals surface area contributed by atoms with Crippen molar-refractivity contribution in [1.29, 1.82) is 0 Å². The van der Waals surface area contributed by atoms with E-state index in [0.29, 0.717) is 11.8 Å². The van der Waals surface area contributed by atoms with Crippen molar-refractivity contribution in [3.05, 3.63) is 165 Å². The molecule has 2 fully saturated rings. The molecule has 334 valence electrons. The molecule has 0 saturated heterocycles. The lowest BCUT2D eigenvalue weighted by Gasteiger charge is -2.31. The van der Waals surface area contributed by atoms with Crippen LogP contribution in [0.5, 0.6) is 34.5 Å². The number of rotatable bonds is 15. The predicted octanol–water partition coefficient (Wildman–Crippen LogP) is 17.4. The topological polar surface area (TPSA) is 55.4 Å². The predicted molar refractivity (Wildman–Crippen MR) is 265 cm³/mol. The van der Waals surface area contributed by atoms with E-state index in [1.165, 1.54) is 86.5 Å². The maximum Gasteiger partial charge on any atom is 0.530 e. The van der Waals surface area contributed by atoms with Crippen LogP contribution in [0.3, 0.4) is 0 Å². The van der Waals surface area contributed by atoms with E-state index < -0.39 is 17.2 Å². The summed E-state index contributed by atoms with van der Waals surface area (Å²) in [5.74, 6) is 5.27. The molecule has 8 heteroatoms. The Morgan fingerprint density at radius 2 is 0.625 bits per heavy atom. The largest absolute Gasteiger partial charge is 0.530 e. The Hall–Kier alpha value is -5.02. The highest BCUT2D eigenvalue weighted by Gasteiger charge is 2.34. The molecule has 0 spiro atoms. The number of aryl methyl sites for hydroxylation is 6. The number of para-hydroxylation sites is 4. The van der Waals surface area contributed by atoms with E-state index in [1.807, 2.05) is 72.8 Å². The molecule has 2 aliphatic carbocycles. The summed E-state index contributed by atoms with van der Waals surface area (Å²) < 4.78 is 41.9. The third kappa shape index (κ3) is 10.4. The monoisotopic (exact) mass is 894 g/mol. The molecule has 0 unspecified atom stereocenters. The summed E-state index contributed by atoms with van der Waals surface area (Å²) >= 11 is 0. The van der Waals surface area contributed by atoms with E-state index in [9.17, 15) is 0 Å². The van der Waals surface area contributed by atoms with Gasteiger partial charge in [0.25, 0.3) is 0 Å². The standard InChI is InChI=1S/C56H64O6P2/c1-37-23-15-19-31-49(37)57-63(58-50-32-20-16-24-38(50)2)61-55-41(5)35-47(45-27-11-9-12-28-45)43(7)53(55)54-44(8)48(46-29-13-10-14-30-46)36-42(6)56(54)62-64(59-51-33-21-17-25-39(51)3)60-52-34-22-18-26-40(52)4/h15-26,31-36,45-46H,9-14,27-30H2,1-8H3. The second-order valence-electron chi connectivity index (χ2n) is 18.0. The summed E-state index contributed by atoms with van der Waals surface area (Å²) in [6.07, 6.45) is 12.2. The Balaban J connectivity index is 1.35. The zero-order valence-corrected chi connectivity index (χ0v) is 40.8. The third-order valence-electron chi connectivity index (χ3n) is 13.3. The van der Waals surface area contributed by atoms with Crippen LogP contribution in [0.15, 0.2) is 109 Å². The number of hydrogen-bond acceptors (Lipinski definition) is 6. The molecule has 0 heterocycles. The van der Waals surface area contributed by atoms with Crippen molar-refractivity contribution in [3.63, 3.8) is 0 Å². The SMILES string of the molecule is Cc1ccccc1OP(Oc1ccccc1C)Oc1c(C)cc(C2CCCCC2)c(C)c1-c1c(C)c(C2CCCCC2)cc(C)c1OP(Oc1ccccc1C)Oc1ccccc1C. The fourth-order valence-corrected chi connectivity index (χ4v) is 12.0. The highest BCUT2D eigenvalue weighted by Crippen LogP contribution is 2.56. The second-order valence-corrected chi connectivity index (χ2v) is 19.9. The van der Waals surface area contributed by atoms with Gasteiger partial charge in [-0.1, -0.05) is 123 Å². The second kappa shape index (κ2) is 20.9. The Kier molecular flexibility index (Phi) is 14.8. The molecular formula is C56H64O6P2. The Morgan fingerprint density at radius 3 is 0.906 bits per heavy atom. The Morgan fingerprint density at radius 1 is 0.344 bits per heavy atom. The molecule has 0 N–H and O–H groups in total. The van der Waals surface area contributed by atoms with Gasteiger partial charge in [-0.2, -0.15) is 0 Å². The van der Waals surface area contributed by atoms with Crippen LogP contribution in [0.25, 0.3) is 11.1 Å². The first kappa shape index (κ1) is 45.5. The molecule has 8 rings (SSSR count). The lowest BCUT2D eigenvalue weighted by Crippen LogP contribution is -2.13. The molecule has 2 aliphatic rings. The highest BCUT2D eigenvalue weighted by atomic mass is 31.2. The first-order valence-electron chi connectivity index (χ1n) is 23.2. The van der Waals surface area contributed by atoms with Crippen LogP contribution in [0.2, 0.25) is 0 Å². The molecule has 6 aromatic rings. The number of benzene rings is 6. The van der Waals surface area contributed by atoms with Gasteiger partial charge in [-0.3, -0.25) is 0 Å². The Bertz CT molecular complexity index is 2290. The minimum absolute atomic E-state index is 0.450. The van der Waals surface area contributed by atoms with Gasteiger partial charge in [-0.15, -0.1) is 0 Å². The van der Waals surface area contributed by atoms with Crippen LogP contribution in [0.4, 0.5) is 0 Å². The van der Waals surface area contributed by atoms with E-state index in [0.717, 1.165) is 79.0 Å². The molecule has 0 amide bonds. The summed E-state index contributed by atoms with van der Waals surface area (Å²) in [4.78, 5) is 0. The number of hydrogen-bond donors (Lipinski definition) is 0. The van der Waals surface area contributed by atoms with E-state index >= 15 is 0 Å². The summed E-state index contributed by atoms with van der Waals surface area (Å²) in [6.45, 7) is 17.2. The lowest BCUT2D eigenvalue weighted by atomic mass is 9.76. The summed E-state index contributed by atoms with van der Waals surface area (Å²) in [7, 11) is -4.01. The minimum Gasteiger partial charge on any atom is -0.408 e. The quantitative estimate of drug-likeness (QED) is 0.0958. The van der Waals surface area contributed by atoms with Crippen molar-refractivity contribution in [1.82, 2.24) is 0 Å². The fraction of sp³-hybridized carbons (Fsp3) is 0.357. The van der Waals surface area contributed by atoms with Gasteiger partial charge in [-0.25, -0.2) is 0 Å². The third-order valence-corrected chi connectivity index (χ3v) is 15.3. The van der Waals surface area contributed by atoms with Crippen molar-refractivity contribution in [2.75, 3.05) is 0 Å². The van der Waals surface area contributed by atoms with Crippen LogP contribution < -0.4 is 27.1 Å². The average Bonchev–Trinajstić information content (AvgIpc) is 3.30. The zero-order valence-electron chi connectivity index (χ0n) is 39.0. The van der Waals surface area contributed by atoms with Gasteiger partial charge >= 0.3 is 17.2 Å². The first-order chi connectivity index (χ1) is 31.0. The van der Waals surface area contributed by atoms with Crippen LogP contribution in [0, 0.1) is 55.4 Å². The van der Waals surface area contributed by atoms with Gasteiger partial charge in [-0.05, 0) is 173 Å². The average molecular weight is 895 g/mol. The molecule has 0 radical (unpaired) electrons. The molecule has 0 aliphatic heterocycles. The first-order valence-corrected chi connectivity index (χ1v) is 25.4. The van der Waals surface area contributed by atoms with Gasteiger partial charge in [0.15, 0.2) is 0 Å². The maximum atomic E-state index is 7.34. The zero-order chi connectivity index (χ0) is 44.7. The van der Waals surface area contributed by atoms with Gasteiger partial charge in [0, 0.05) is 11.1 Å². The molecule has 0 atom stereocenters. The van der Waals surface area contributed by atoms with Gasteiger partial charge in [0.05, 0.1) is 0 Å². The Labute approximate surface area is 384 Å². The van der Waals surface area contributed by atoms with Crippen molar-refractivity contribution >= 4 is 17.2 Å². The molecule has 0 bridgehead atoms. The molecular weight excluding hydrogens is 831 g/mol. The lowest BCUT2D eigenvalue weighted by molar-refractivity contribution is 0.381. The summed E-state index contributed by atoms with van der Waals surface area (Å²) in [6, 6.07) is 37.0. The minimum atomic E-state index is -2.00. The highest BCUT2D eigenvalue weighted by molar-refractivity contribution is 7.43. The van der Waals surface area contributed by atoms with Crippen molar-refractivity contribution in [2.45, 2.75) is 131 Å². The van der Waals surface area contributed by atoms with Crippen LogP contribution in [0.1, 0.15) is 132 Å². The molecule has 64 heavy (non-hydrogen) atoms. The van der Waals surface area contributed by atoms with Gasteiger partial charge in [0.1, 0.15) is 34.5 Å². The maximum absolute atomic E-state index is 7.34. The van der Waals surface area contributed by atoms with E-state index in [-0.39, 0.29) is 0 Å². The molecule has 6 nitrogen and oxygen atoms in total. The van der Waals surface area contributed by atoms with E-state index in [4.69, 9.17) is 27.1 Å². The van der Waals surface area contributed by atoms with Gasteiger partial charge in [0.2, 0.25) is 0 Å².